The number of pyridine rings is 1. The van der Waals surface area contributed by atoms with Crippen LogP contribution >= 0.6 is 0 Å². The summed E-state index contributed by atoms with van der Waals surface area (Å²) in [4.78, 5) is 13.8. The van der Waals surface area contributed by atoms with Crippen LogP contribution in [0.25, 0.3) is 0 Å². The third kappa shape index (κ3) is 3.88. The van der Waals surface area contributed by atoms with Gasteiger partial charge in [0.25, 0.3) is 5.69 Å². The molecule has 6 heteroatoms. The molecule has 0 atom stereocenters. The third-order valence-corrected chi connectivity index (χ3v) is 2.40. The molecule has 96 valence electrons. The van der Waals surface area contributed by atoms with Crippen molar-refractivity contribution in [3.63, 3.8) is 0 Å². The molecule has 0 amide bonds. The van der Waals surface area contributed by atoms with Gasteiger partial charge in [-0.3, -0.25) is 15.5 Å². The Labute approximate surface area is 110 Å². The van der Waals surface area contributed by atoms with Gasteiger partial charge >= 0.3 is 0 Å². The van der Waals surface area contributed by atoms with E-state index >= 15 is 0 Å². The van der Waals surface area contributed by atoms with Crippen molar-refractivity contribution in [3.8, 4) is 0 Å². The summed E-state index contributed by atoms with van der Waals surface area (Å²) in [5.74, 6) is 0.468. The van der Waals surface area contributed by atoms with E-state index < -0.39 is 4.92 Å². The van der Waals surface area contributed by atoms with Crippen LogP contribution in [0.5, 0.6) is 0 Å². The number of benzene rings is 1. The summed E-state index contributed by atoms with van der Waals surface area (Å²) in [5.41, 5.74) is 3.83. The van der Waals surface area contributed by atoms with E-state index in [0.29, 0.717) is 12.2 Å². The van der Waals surface area contributed by atoms with Crippen molar-refractivity contribution in [2.45, 2.75) is 6.42 Å². The number of nitro groups is 1. The molecule has 1 aromatic heterocycles. The standard InChI is InChI=1S/C13H12N4O2/c18-17(19)12-6-7-13(14-10-12)16-15-9-8-11-4-2-1-3-5-11/h1-7,9-10H,8H2,(H,14,16)/b15-9-. The fourth-order valence-electron chi connectivity index (χ4n) is 1.44. The lowest BCUT2D eigenvalue weighted by atomic mass is 10.2. The summed E-state index contributed by atoms with van der Waals surface area (Å²) in [6.45, 7) is 0. The van der Waals surface area contributed by atoms with Gasteiger partial charge in [-0.1, -0.05) is 30.3 Å². The molecule has 0 saturated carbocycles. The van der Waals surface area contributed by atoms with Crippen molar-refractivity contribution in [2.24, 2.45) is 5.10 Å². The average molecular weight is 256 g/mol. The summed E-state index contributed by atoms with van der Waals surface area (Å²) in [5, 5.41) is 14.4. The Morgan fingerprint density at radius 3 is 2.68 bits per heavy atom. The topological polar surface area (TPSA) is 80.4 Å². The van der Waals surface area contributed by atoms with E-state index in [-0.39, 0.29) is 5.69 Å². The zero-order valence-corrected chi connectivity index (χ0v) is 10.1. The number of anilines is 1. The SMILES string of the molecule is O=[N+]([O-])c1ccc(N/N=C\Cc2ccccc2)nc1. The molecule has 0 spiro atoms. The van der Waals surface area contributed by atoms with Gasteiger partial charge in [-0.15, -0.1) is 0 Å². The maximum atomic E-state index is 10.4. The molecule has 0 bridgehead atoms. The van der Waals surface area contributed by atoms with E-state index in [1.54, 1.807) is 6.21 Å². The Kier molecular flexibility index (Phi) is 4.17. The highest BCUT2D eigenvalue weighted by Gasteiger charge is 2.03. The lowest BCUT2D eigenvalue weighted by Crippen LogP contribution is -1.95. The van der Waals surface area contributed by atoms with Crippen molar-refractivity contribution in [1.82, 2.24) is 4.98 Å². The Bertz CT molecular complexity index is 567. The highest BCUT2D eigenvalue weighted by molar-refractivity contribution is 5.62. The van der Waals surface area contributed by atoms with Crippen molar-refractivity contribution >= 4 is 17.7 Å². The van der Waals surface area contributed by atoms with E-state index in [1.807, 2.05) is 30.3 Å². The largest absolute Gasteiger partial charge is 0.287 e. The van der Waals surface area contributed by atoms with E-state index in [4.69, 9.17) is 0 Å². The Morgan fingerprint density at radius 2 is 2.05 bits per heavy atom. The molecule has 6 nitrogen and oxygen atoms in total. The van der Waals surface area contributed by atoms with Gasteiger partial charge in [0.05, 0.1) is 4.92 Å². The van der Waals surface area contributed by atoms with E-state index in [0.717, 1.165) is 5.56 Å². The van der Waals surface area contributed by atoms with Gasteiger partial charge in [0.2, 0.25) is 0 Å². The summed E-state index contributed by atoms with van der Waals surface area (Å²) in [7, 11) is 0. The third-order valence-electron chi connectivity index (χ3n) is 2.40. The second-order valence-corrected chi connectivity index (χ2v) is 3.77. The molecule has 0 aliphatic heterocycles. The maximum Gasteiger partial charge on any atom is 0.287 e. The summed E-state index contributed by atoms with van der Waals surface area (Å²) in [6.07, 6.45) is 3.62. The van der Waals surface area contributed by atoms with E-state index in [1.165, 1.54) is 18.3 Å². The molecule has 0 fully saturated rings. The van der Waals surface area contributed by atoms with Crippen LogP contribution in [-0.4, -0.2) is 16.1 Å². The predicted molar refractivity (Wildman–Crippen MR) is 73.2 cm³/mol. The number of nitrogens with zero attached hydrogens (tertiary/aromatic N) is 3. The van der Waals surface area contributed by atoms with Crippen LogP contribution in [0, 0.1) is 10.1 Å². The van der Waals surface area contributed by atoms with Crippen molar-refractivity contribution in [1.29, 1.82) is 0 Å². The fourth-order valence-corrected chi connectivity index (χ4v) is 1.44. The average Bonchev–Trinajstić information content (AvgIpc) is 2.45. The number of aromatic nitrogens is 1. The van der Waals surface area contributed by atoms with E-state index in [2.05, 4.69) is 15.5 Å². The van der Waals surface area contributed by atoms with Crippen LogP contribution in [-0.2, 0) is 6.42 Å². The highest BCUT2D eigenvalue weighted by Crippen LogP contribution is 2.11. The molecule has 19 heavy (non-hydrogen) atoms. The molecule has 0 aliphatic carbocycles. The first kappa shape index (κ1) is 12.7. The van der Waals surface area contributed by atoms with Gasteiger partial charge in [0.15, 0.2) is 0 Å². The van der Waals surface area contributed by atoms with Gasteiger partial charge < -0.3 is 0 Å². The fraction of sp³-hybridized carbons (Fsp3) is 0.0769. The molecule has 2 aromatic rings. The zero-order valence-electron chi connectivity index (χ0n) is 10.1. The van der Waals surface area contributed by atoms with Gasteiger partial charge in [0.1, 0.15) is 12.0 Å². The summed E-state index contributed by atoms with van der Waals surface area (Å²) in [6, 6.07) is 12.8. The van der Waals surface area contributed by atoms with Crippen LogP contribution in [0.1, 0.15) is 5.56 Å². The molecule has 0 saturated heterocycles. The summed E-state index contributed by atoms with van der Waals surface area (Å²) >= 11 is 0. The van der Waals surface area contributed by atoms with Crippen LogP contribution in [0.4, 0.5) is 11.5 Å². The molecule has 1 aromatic carbocycles. The Hall–Kier alpha value is -2.76. The lowest BCUT2D eigenvalue weighted by Gasteiger charge is -1.98. The predicted octanol–water partition coefficient (Wildman–Crippen LogP) is 2.63. The molecule has 0 aliphatic rings. The minimum atomic E-state index is -0.491. The van der Waals surface area contributed by atoms with Crippen molar-refractivity contribution < 1.29 is 4.92 Å². The minimum Gasteiger partial charge on any atom is -0.262 e. The van der Waals surface area contributed by atoms with Crippen molar-refractivity contribution in [2.75, 3.05) is 5.43 Å². The van der Waals surface area contributed by atoms with Crippen LogP contribution in [0.15, 0.2) is 53.8 Å². The minimum absolute atomic E-state index is 0.0428. The smallest absolute Gasteiger partial charge is 0.262 e. The quantitative estimate of drug-likeness (QED) is 0.506. The monoisotopic (exact) mass is 256 g/mol. The molecule has 1 heterocycles. The molecule has 0 unspecified atom stereocenters. The number of nitrogens with one attached hydrogen (secondary N) is 1. The molecule has 1 N–H and O–H groups in total. The second kappa shape index (κ2) is 6.25. The molecule has 2 rings (SSSR count). The lowest BCUT2D eigenvalue weighted by molar-refractivity contribution is -0.385. The first-order chi connectivity index (χ1) is 9.25. The van der Waals surface area contributed by atoms with Crippen molar-refractivity contribution in [3.05, 3.63) is 64.3 Å². The normalized spacial score (nSPS) is 10.5. The molecule has 0 radical (unpaired) electrons. The number of hydrogen-bond acceptors (Lipinski definition) is 5. The number of rotatable bonds is 5. The molecular weight excluding hydrogens is 244 g/mol. The van der Waals surface area contributed by atoms with Crippen LogP contribution < -0.4 is 5.43 Å². The maximum absolute atomic E-state index is 10.4. The number of hydrogen-bond donors (Lipinski definition) is 1. The zero-order chi connectivity index (χ0) is 13.5. The Balaban J connectivity index is 1.86. The summed E-state index contributed by atoms with van der Waals surface area (Å²) < 4.78 is 0. The van der Waals surface area contributed by atoms with Gasteiger partial charge in [-0.25, -0.2) is 4.98 Å². The first-order valence-electron chi connectivity index (χ1n) is 5.67. The second-order valence-electron chi connectivity index (χ2n) is 3.77. The van der Waals surface area contributed by atoms with Gasteiger partial charge in [-0.05, 0) is 11.6 Å². The van der Waals surface area contributed by atoms with Gasteiger partial charge in [-0.2, -0.15) is 5.10 Å². The highest BCUT2D eigenvalue weighted by atomic mass is 16.6. The van der Waals surface area contributed by atoms with Crippen LogP contribution in [0.3, 0.4) is 0 Å². The Morgan fingerprint density at radius 1 is 1.26 bits per heavy atom. The first-order valence-corrected chi connectivity index (χ1v) is 5.67. The van der Waals surface area contributed by atoms with Crippen LogP contribution in [0.2, 0.25) is 0 Å². The van der Waals surface area contributed by atoms with E-state index in [9.17, 15) is 10.1 Å². The number of hydrazone groups is 1. The molecular formula is C13H12N4O2. The van der Waals surface area contributed by atoms with Gasteiger partial charge in [0, 0.05) is 18.7 Å².